The van der Waals surface area contributed by atoms with E-state index in [1.807, 2.05) is 0 Å². The number of hydrogen-bond acceptors (Lipinski definition) is 9. The summed E-state index contributed by atoms with van der Waals surface area (Å²) in [5.41, 5.74) is 7.20. The largest absolute Gasteiger partial charge is 0.508 e. The molecule has 5 atom stereocenters. The third-order valence-corrected chi connectivity index (χ3v) is 6.06. The molecule has 0 spiro atoms. The summed E-state index contributed by atoms with van der Waals surface area (Å²) in [4.78, 5) is 61.7. The van der Waals surface area contributed by atoms with E-state index in [4.69, 9.17) is 10.8 Å². The molecule has 0 radical (unpaired) electrons. The number of phenols is 2. The molecular formula is C27H34N4O10. The van der Waals surface area contributed by atoms with Gasteiger partial charge in [-0.15, -0.1) is 0 Å². The molecule has 0 fully saturated rings. The third kappa shape index (κ3) is 10.8. The number of carboxylic acids is 2. The molecule has 14 heteroatoms. The van der Waals surface area contributed by atoms with Gasteiger partial charge in [0.15, 0.2) is 6.04 Å². The highest BCUT2D eigenvalue weighted by Crippen LogP contribution is 2.13. The van der Waals surface area contributed by atoms with Gasteiger partial charge in [0.05, 0.1) is 12.1 Å². The Balaban J connectivity index is 2.26. The Morgan fingerprint density at radius 2 is 1.20 bits per heavy atom. The Bertz CT molecular complexity index is 1220. The smallest absolute Gasteiger partial charge is 0.328 e. The Kier molecular flexibility index (Phi) is 12.0. The maximum atomic E-state index is 13.3. The molecule has 0 bridgehead atoms. The summed E-state index contributed by atoms with van der Waals surface area (Å²) in [6.07, 6.45) is -2.51. The summed E-state index contributed by atoms with van der Waals surface area (Å²) in [7, 11) is 0. The van der Waals surface area contributed by atoms with Crippen LogP contribution < -0.4 is 21.7 Å². The van der Waals surface area contributed by atoms with Crippen molar-refractivity contribution in [3.63, 3.8) is 0 Å². The maximum Gasteiger partial charge on any atom is 0.328 e. The van der Waals surface area contributed by atoms with E-state index >= 15 is 0 Å². The Morgan fingerprint density at radius 3 is 1.66 bits per heavy atom. The van der Waals surface area contributed by atoms with Crippen molar-refractivity contribution in [1.82, 2.24) is 16.0 Å². The minimum Gasteiger partial charge on any atom is -0.508 e. The van der Waals surface area contributed by atoms with Gasteiger partial charge in [0.2, 0.25) is 17.7 Å². The topological polar surface area (TPSA) is 249 Å². The zero-order valence-corrected chi connectivity index (χ0v) is 22.2. The van der Waals surface area contributed by atoms with Crippen molar-refractivity contribution >= 4 is 29.7 Å². The van der Waals surface area contributed by atoms with Crippen LogP contribution in [0.15, 0.2) is 48.5 Å². The SMILES string of the molecule is CC(O)C(NC(=O)C(CCC(=O)O)NC(=O)C(Cc1ccc(O)cc1)NC(=O)C(N)Cc1ccc(O)cc1)C(=O)O. The van der Waals surface area contributed by atoms with Crippen LogP contribution in [0.3, 0.4) is 0 Å². The van der Waals surface area contributed by atoms with Crippen LogP contribution in [-0.2, 0) is 36.8 Å². The van der Waals surface area contributed by atoms with E-state index < -0.39 is 72.8 Å². The number of aliphatic hydroxyl groups is 1. The number of benzene rings is 2. The first-order valence-corrected chi connectivity index (χ1v) is 12.6. The van der Waals surface area contributed by atoms with Gasteiger partial charge in [0.25, 0.3) is 0 Å². The van der Waals surface area contributed by atoms with Crippen molar-refractivity contribution in [3.05, 3.63) is 59.7 Å². The number of aliphatic carboxylic acids is 2. The lowest BCUT2D eigenvalue weighted by Crippen LogP contribution is -2.58. The van der Waals surface area contributed by atoms with E-state index in [0.717, 1.165) is 6.92 Å². The van der Waals surface area contributed by atoms with Crippen LogP contribution >= 0.6 is 0 Å². The van der Waals surface area contributed by atoms with Gasteiger partial charge >= 0.3 is 11.9 Å². The number of phenolic OH excluding ortho intramolecular Hbond substituents is 2. The monoisotopic (exact) mass is 574 g/mol. The first-order chi connectivity index (χ1) is 19.3. The lowest BCUT2D eigenvalue weighted by atomic mass is 10.0. The van der Waals surface area contributed by atoms with Crippen LogP contribution in [0, 0.1) is 0 Å². The van der Waals surface area contributed by atoms with E-state index in [0.29, 0.717) is 11.1 Å². The standard InChI is InChI=1S/C27H34N4O10/c1-14(32)23(27(40)41)31-25(38)20(10-11-22(35)36)29-26(39)21(13-16-4-8-18(34)9-5-16)30-24(37)19(28)12-15-2-6-17(33)7-3-15/h2-9,14,19-21,23,32-34H,10-13,28H2,1H3,(H,29,39)(H,30,37)(H,31,38)(H,35,36)(H,40,41). The Hall–Kier alpha value is -4.69. The molecule has 5 unspecified atom stereocenters. The molecule has 0 aromatic heterocycles. The van der Waals surface area contributed by atoms with E-state index in [-0.39, 0.29) is 24.3 Å². The highest BCUT2D eigenvalue weighted by molar-refractivity contribution is 5.94. The number of nitrogens with two attached hydrogens (primary N) is 1. The van der Waals surface area contributed by atoms with Crippen LogP contribution in [0.5, 0.6) is 11.5 Å². The van der Waals surface area contributed by atoms with E-state index in [9.17, 15) is 44.4 Å². The fourth-order valence-corrected chi connectivity index (χ4v) is 3.79. The fraction of sp³-hybridized carbons (Fsp3) is 0.370. The van der Waals surface area contributed by atoms with E-state index in [1.165, 1.54) is 36.4 Å². The number of hydrogen-bond donors (Lipinski definition) is 9. The number of aromatic hydroxyl groups is 2. The highest BCUT2D eigenvalue weighted by atomic mass is 16.4. The zero-order valence-electron chi connectivity index (χ0n) is 22.2. The van der Waals surface area contributed by atoms with Crippen LogP contribution in [0.1, 0.15) is 30.9 Å². The zero-order chi connectivity index (χ0) is 30.7. The summed E-state index contributed by atoms with van der Waals surface area (Å²) in [5, 5.41) is 54.1. The van der Waals surface area contributed by atoms with E-state index in [2.05, 4.69) is 16.0 Å². The van der Waals surface area contributed by atoms with Crippen LogP contribution in [0.4, 0.5) is 0 Å². The molecule has 0 aliphatic heterocycles. The molecule has 2 rings (SSSR count). The number of nitrogens with one attached hydrogen (secondary N) is 3. The molecule has 222 valence electrons. The lowest BCUT2D eigenvalue weighted by molar-refractivity contribution is -0.145. The fourth-order valence-electron chi connectivity index (χ4n) is 3.79. The van der Waals surface area contributed by atoms with Crippen LogP contribution in [0.25, 0.3) is 0 Å². The first kappa shape index (κ1) is 32.5. The molecule has 0 saturated heterocycles. The Labute approximate surface area is 235 Å². The highest BCUT2D eigenvalue weighted by Gasteiger charge is 2.32. The summed E-state index contributed by atoms with van der Waals surface area (Å²) >= 11 is 0. The van der Waals surface area contributed by atoms with Gasteiger partial charge in [-0.05, 0) is 55.2 Å². The molecule has 2 aromatic carbocycles. The number of carbonyl (C=O) groups excluding carboxylic acids is 3. The van der Waals surface area contributed by atoms with Crippen molar-refractivity contribution in [3.8, 4) is 11.5 Å². The summed E-state index contributed by atoms with van der Waals surface area (Å²) in [6.45, 7) is 1.13. The maximum absolute atomic E-state index is 13.3. The molecule has 41 heavy (non-hydrogen) atoms. The predicted octanol–water partition coefficient (Wildman–Crippen LogP) is -1.01. The predicted molar refractivity (Wildman–Crippen MR) is 144 cm³/mol. The second kappa shape index (κ2) is 15.2. The van der Waals surface area contributed by atoms with Gasteiger partial charge in [0, 0.05) is 12.8 Å². The van der Waals surface area contributed by atoms with Crippen molar-refractivity contribution < 1.29 is 49.5 Å². The number of carbonyl (C=O) groups is 5. The number of aliphatic hydroxyl groups excluding tert-OH is 1. The van der Waals surface area contributed by atoms with Gasteiger partial charge < -0.3 is 47.2 Å². The molecule has 0 aliphatic carbocycles. The number of rotatable bonds is 15. The second-order valence-electron chi connectivity index (χ2n) is 9.47. The van der Waals surface area contributed by atoms with Crippen molar-refractivity contribution in [2.45, 2.75) is 62.9 Å². The molecule has 14 nitrogen and oxygen atoms in total. The average molecular weight is 575 g/mol. The van der Waals surface area contributed by atoms with Gasteiger partial charge in [0.1, 0.15) is 23.6 Å². The quantitative estimate of drug-likeness (QED) is 0.125. The van der Waals surface area contributed by atoms with Crippen molar-refractivity contribution in [1.29, 1.82) is 0 Å². The minimum absolute atomic E-state index is 0.0296. The van der Waals surface area contributed by atoms with Crippen molar-refractivity contribution in [2.24, 2.45) is 5.73 Å². The second-order valence-corrected chi connectivity index (χ2v) is 9.47. The van der Waals surface area contributed by atoms with Gasteiger partial charge in [-0.3, -0.25) is 19.2 Å². The van der Waals surface area contributed by atoms with E-state index in [1.54, 1.807) is 12.1 Å². The Morgan fingerprint density at radius 1 is 0.732 bits per heavy atom. The molecule has 3 amide bonds. The first-order valence-electron chi connectivity index (χ1n) is 12.6. The summed E-state index contributed by atoms with van der Waals surface area (Å²) < 4.78 is 0. The lowest BCUT2D eigenvalue weighted by Gasteiger charge is -2.25. The normalized spacial score (nSPS) is 14.5. The van der Waals surface area contributed by atoms with Crippen molar-refractivity contribution in [2.75, 3.05) is 0 Å². The molecule has 0 saturated carbocycles. The molecule has 2 aromatic rings. The average Bonchev–Trinajstić information content (AvgIpc) is 2.90. The summed E-state index contributed by atoms with van der Waals surface area (Å²) in [6, 6.07) is 6.08. The minimum atomic E-state index is -1.72. The molecule has 0 aliphatic rings. The van der Waals surface area contributed by atoms with Gasteiger partial charge in [-0.2, -0.15) is 0 Å². The number of amides is 3. The third-order valence-electron chi connectivity index (χ3n) is 6.06. The molecule has 10 N–H and O–H groups in total. The molecule has 0 heterocycles. The van der Waals surface area contributed by atoms with Crippen LogP contribution in [-0.4, -0.2) is 85.5 Å². The van der Waals surface area contributed by atoms with Gasteiger partial charge in [-0.25, -0.2) is 4.79 Å². The molecular weight excluding hydrogens is 540 g/mol. The number of carboxylic acid groups (broad SMARTS) is 2. The van der Waals surface area contributed by atoms with Gasteiger partial charge in [-0.1, -0.05) is 24.3 Å². The summed E-state index contributed by atoms with van der Waals surface area (Å²) in [5.74, 6) is -5.49. The van der Waals surface area contributed by atoms with Crippen LogP contribution in [0.2, 0.25) is 0 Å².